The summed E-state index contributed by atoms with van der Waals surface area (Å²) >= 11 is 1.80. The summed E-state index contributed by atoms with van der Waals surface area (Å²) in [5.41, 5.74) is 1.36. The molecule has 5 nitrogen and oxygen atoms in total. The van der Waals surface area contributed by atoms with E-state index < -0.39 is 0 Å². The Morgan fingerprint density at radius 2 is 2.16 bits per heavy atom. The van der Waals surface area contributed by atoms with E-state index in [0.29, 0.717) is 5.69 Å². The number of aromatic amines is 1. The van der Waals surface area contributed by atoms with Crippen LogP contribution in [0.5, 0.6) is 0 Å². The number of hydrogen-bond donors (Lipinski definition) is 2. The van der Waals surface area contributed by atoms with Gasteiger partial charge in [0.15, 0.2) is 5.69 Å². The number of thioether (sulfide) groups is 1. The fraction of sp³-hybridized carbons (Fsp3) is 0.308. The van der Waals surface area contributed by atoms with Crippen LogP contribution in [0, 0.1) is 0 Å². The first-order valence-electron chi connectivity index (χ1n) is 6.10. The van der Waals surface area contributed by atoms with E-state index in [9.17, 15) is 4.79 Å². The summed E-state index contributed by atoms with van der Waals surface area (Å²) < 4.78 is 0. The number of carbonyl (C=O) groups excluding carboxylic acids is 1. The molecule has 0 aliphatic carbocycles. The molecule has 19 heavy (non-hydrogen) atoms. The zero-order chi connectivity index (χ0) is 13.7. The average molecular weight is 276 g/mol. The summed E-state index contributed by atoms with van der Waals surface area (Å²) in [6.45, 7) is 4.07. The Labute approximate surface area is 116 Å². The van der Waals surface area contributed by atoms with E-state index in [1.54, 1.807) is 11.8 Å². The van der Waals surface area contributed by atoms with Crippen LogP contribution >= 0.6 is 11.8 Å². The number of benzene rings is 1. The predicted molar refractivity (Wildman–Crippen MR) is 75.1 cm³/mol. The van der Waals surface area contributed by atoms with Crippen molar-refractivity contribution in [1.29, 1.82) is 0 Å². The highest BCUT2D eigenvalue weighted by molar-refractivity contribution is 7.99. The number of nitrogens with zero attached hydrogens (tertiary/aromatic N) is 2. The minimum Gasteiger partial charge on any atom is -0.344 e. The maximum atomic E-state index is 11.8. The molecule has 6 heteroatoms. The molecule has 100 valence electrons. The molecule has 0 aliphatic rings. The van der Waals surface area contributed by atoms with Crippen LogP contribution in [0.2, 0.25) is 0 Å². The maximum Gasteiger partial charge on any atom is 0.273 e. The molecule has 0 bridgehead atoms. The van der Waals surface area contributed by atoms with Gasteiger partial charge in [0, 0.05) is 4.90 Å². The molecular formula is C13H16N4OS. The van der Waals surface area contributed by atoms with Crippen LogP contribution in [0.1, 0.15) is 35.9 Å². The smallest absolute Gasteiger partial charge is 0.273 e. The highest BCUT2D eigenvalue weighted by Crippen LogP contribution is 2.20. The lowest BCUT2D eigenvalue weighted by Gasteiger charge is -2.13. The highest BCUT2D eigenvalue weighted by Gasteiger charge is 2.13. The summed E-state index contributed by atoms with van der Waals surface area (Å²) in [6.07, 6.45) is 1.41. The lowest BCUT2D eigenvalue weighted by molar-refractivity contribution is 0.0935. The van der Waals surface area contributed by atoms with E-state index in [0.717, 1.165) is 11.3 Å². The number of amides is 1. The van der Waals surface area contributed by atoms with Crippen LogP contribution in [-0.2, 0) is 0 Å². The van der Waals surface area contributed by atoms with E-state index in [1.165, 1.54) is 11.1 Å². The van der Waals surface area contributed by atoms with Crippen LogP contribution in [0.25, 0.3) is 0 Å². The van der Waals surface area contributed by atoms with Crippen molar-refractivity contribution in [3.05, 3.63) is 41.7 Å². The third-order valence-corrected chi connectivity index (χ3v) is 3.58. The van der Waals surface area contributed by atoms with Gasteiger partial charge in [0.05, 0.1) is 12.2 Å². The lowest BCUT2D eigenvalue weighted by atomic mass is 10.1. The van der Waals surface area contributed by atoms with Crippen molar-refractivity contribution >= 4 is 17.7 Å². The molecule has 0 saturated heterocycles. The van der Waals surface area contributed by atoms with Gasteiger partial charge >= 0.3 is 0 Å². The Hall–Kier alpha value is -1.82. The first kappa shape index (κ1) is 13.6. The summed E-state index contributed by atoms with van der Waals surface area (Å²) in [4.78, 5) is 13.1. The average Bonchev–Trinajstić information content (AvgIpc) is 2.94. The maximum absolute atomic E-state index is 11.8. The van der Waals surface area contributed by atoms with E-state index >= 15 is 0 Å². The quantitative estimate of drug-likeness (QED) is 0.823. The van der Waals surface area contributed by atoms with Crippen molar-refractivity contribution in [1.82, 2.24) is 20.7 Å². The van der Waals surface area contributed by atoms with E-state index in [4.69, 9.17) is 0 Å². The van der Waals surface area contributed by atoms with E-state index in [-0.39, 0.29) is 11.9 Å². The molecule has 0 spiro atoms. The van der Waals surface area contributed by atoms with Crippen molar-refractivity contribution in [3.63, 3.8) is 0 Å². The summed E-state index contributed by atoms with van der Waals surface area (Å²) in [5, 5.41) is 12.7. The molecular weight excluding hydrogens is 260 g/mol. The molecule has 0 fully saturated rings. The second-order valence-electron chi connectivity index (χ2n) is 4.05. The molecule has 1 aromatic carbocycles. The lowest BCUT2D eigenvalue weighted by Crippen LogP contribution is -2.26. The molecule has 1 atom stereocenters. The zero-order valence-electron chi connectivity index (χ0n) is 10.9. The number of nitrogens with one attached hydrogen (secondary N) is 2. The fourth-order valence-corrected chi connectivity index (χ4v) is 2.35. The molecule has 0 radical (unpaired) electrons. The monoisotopic (exact) mass is 276 g/mol. The number of hydrogen-bond acceptors (Lipinski definition) is 4. The number of rotatable bonds is 5. The summed E-state index contributed by atoms with van der Waals surface area (Å²) in [6, 6.07) is 8.15. The molecule has 1 aromatic heterocycles. The van der Waals surface area contributed by atoms with Crippen molar-refractivity contribution in [2.75, 3.05) is 5.75 Å². The summed E-state index contributed by atoms with van der Waals surface area (Å²) in [7, 11) is 0. The Morgan fingerprint density at radius 1 is 1.42 bits per heavy atom. The van der Waals surface area contributed by atoms with Gasteiger partial charge < -0.3 is 5.32 Å². The molecule has 2 rings (SSSR count). The molecule has 1 heterocycles. The van der Waals surface area contributed by atoms with E-state index in [1.807, 2.05) is 19.1 Å². The molecule has 0 aliphatic heterocycles. The Bertz CT molecular complexity index is 524. The number of H-pyrrole nitrogens is 1. The van der Waals surface area contributed by atoms with Crippen LogP contribution in [0.3, 0.4) is 0 Å². The summed E-state index contributed by atoms with van der Waals surface area (Å²) in [5.74, 6) is 0.825. The topological polar surface area (TPSA) is 70.7 Å². The molecule has 1 amide bonds. The van der Waals surface area contributed by atoms with Gasteiger partial charge in [-0.05, 0) is 30.4 Å². The first-order chi connectivity index (χ1) is 9.20. The van der Waals surface area contributed by atoms with E-state index in [2.05, 4.69) is 39.8 Å². The Kier molecular flexibility index (Phi) is 4.57. The standard InChI is InChI=1S/C13H16N4OS/c1-3-19-11-6-4-10(5-7-11)9(2)15-13(18)12-8-14-17-16-12/h4-9H,3H2,1-2H3,(H,15,18)(H,14,16,17)/t9-/m0/s1. The van der Waals surface area contributed by atoms with Gasteiger partial charge in [0.2, 0.25) is 0 Å². The zero-order valence-corrected chi connectivity index (χ0v) is 11.7. The Balaban J connectivity index is 1.99. The third-order valence-electron chi connectivity index (χ3n) is 2.69. The van der Waals surface area contributed by atoms with Gasteiger partial charge in [-0.2, -0.15) is 15.4 Å². The second-order valence-corrected chi connectivity index (χ2v) is 5.39. The van der Waals surface area contributed by atoms with Crippen molar-refractivity contribution in [2.45, 2.75) is 24.8 Å². The van der Waals surface area contributed by atoms with Gasteiger partial charge in [-0.25, -0.2) is 0 Å². The third kappa shape index (κ3) is 3.57. The first-order valence-corrected chi connectivity index (χ1v) is 7.08. The van der Waals surface area contributed by atoms with Gasteiger partial charge in [-0.1, -0.05) is 19.1 Å². The molecule has 0 unspecified atom stereocenters. The van der Waals surface area contributed by atoms with Crippen LogP contribution in [-0.4, -0.2) is 27.1 Å². The van der Waals surface area contributed by atoms with Crippen molar-refractivity contribution < 1.29 is 4.79 Å². The highest BCUT2D eigenvalue weighted by atomic mass is 32.2. The largest absolute Gasteiger partial charge is 0.344 e. The number of carbonyl (C=O) groups is 1. The van der Waals surface area contributed by atoms with Crippen LogP contribution in [0.15, 0.2) is 35.4 Å². The number of aromatic nitrogens is 3. The van der Waals surface area contributed by atoms with Gasteiger partial charge in [-0.15, -0.1) is 11.8 Å². The van der Waals surface area contributed by atoms with Crippen molar-refractivity contribution in [2.24, 2.45) is 0 Å². The van der Waals surface area contributed by atoms with Gasteiger partial charge in [-0.3, -0.25) is 4.79 Å². The molecule has 0 saturated carbocycles. The molecule has 2 aromatic rings. The fourth-order valence-electron chi connectivity index (χ4n) is 1.68. The van der Waals surface area contributed by atoms with Gasteiger partial charge in [0.25, 0.3) is 5.91 Å². The normalized spacial score (nSPS) is 12.1. The van der Waals surface area contributed by atoms with Gasteiger partial charge in [0.1, 0.15) is 0 Å². The Morgan fingerprint density at radius 3 is 2.74 bits per heavy atom. The minimum atomic E-state index is -0.228. The minimum absolute atomic E-state index is 0.0649. The predicted octanol–water partition coefficient (Wildman–Crippen LogP) is 2.41. The molecule has 2 N–H and O–H groups in total. The SMILES string of the molecule is CCSc1ccc([C@H](C)NC(=O)c2cn[nH]n2)cc1. The second kappa shape index (κ2) is 6.38. The van der Waals surface area contributed by atoms with Crippen LogP contribution in [0.4, 0.5) is 0 Å². The van der Waals surface area contributed by atoms with Crippen molar-refractivity contribution in [3.8, 4) is 0 Å². The van der Waals surface area contributed by atoms with Crippen LogP contribution < -0.4 is 5.32 Å².